The van der Waals surface area contributed by atoms with Crippen molar-refractivity contribution in [3.8, 4) is 0 Å². The van der Waals surface area contributed by atoms with Crippen molar-refractivity contribution in [2.45, 2.75) is 80.5 Å². The molecule has 3 aliphatic heterocycles. The summed E-state index contributed by atoms with van der Waals surface area (Å²) < 4.78 is 28.7. The van der Waals surface area contributed by atoms with Gasteiger partial charge in [-0.25, -0.2) is 4.79 Å². The molecule has 4 aliphatic rings. The van der Waals surface area contributed by atoms with Crippen LogP contribution in [-0.2, 0) is 33.3 Å². The Morgan fingerprint density at radius 1 is 1.19 bits per heavy atom. The number of carboxylic acids is 1. The van der Waals surface area contributed by atoms with Crippen molar-refractivity contribution in [2.75, 3.05) is 46.6 Å². The first kappa shape index (κ1) is 37.3. The van der Waals surface area contributed by atoms with E-state index >= 15 is 0 Å². The predicted molar refractivity (Wildman–Crippen MR) is 156 cm³/mol. The van der Waals surface area contributed by atoms with Gasteiger partial charge < -0.3 is 74.4 Å². The lowest BCUT2D eigenvalue weighted by Gasteiger charge is -2.48. The second-order valence-electron chi connectivity index (χ2n) is 12.7. The molecule has 3 fully saturated rings. The Labute approximate surface area is 272 Å². The number of esters is 1. The van der Waals surface area contributed by atoms with Crippen molar-refractivity contribution in [1.82, 2.24) is 0 Å². The first-order chi connectivity index (χ1) is 22.4. The van der Waals surface area contributed by atoms with Crippen LogP contribution < -0.4 is 15.3 Å². The molecule has 0 aromatic rings. The van der Waals surface area contributed by atoms with Crippen LogP contribution in [0.5, 0.6) is 0 Å². The molecule has 0 aromatic carbocycles. The maximum absolute atomic E-state index is 13.5. The Hall–Kier alpha value is -2.48. The Bertz CT molecular complexity index is 1140. The summed E-state index contributed by atoms with van der Waals surface area (Å²) in [6.45, 7) is 3.80. The summed E-state index contributed by atoms with van der Waals surface area (Å²) in [5.74, 6) is -7.44. The second-order valence-corrected chi connectivity index (χ2v) is 12.7. The molecule has 10 unspecified atom stereocenters. The van der Waals surface area contributed by atoms with Gasteiger partial charge in [0.15, 0.2) is 19.1 Å². The van der Waals surface area contributed by atoms with Gasteiger partial charge in [-0.15, -0.1) is 6.58 Å². The number of quaternary nitrogens is 2. The van der Waals surface area contributed by atoms with Gasteiger partial charge in [0.1, 0.15) is 42.3 Å². The van der Waals surface area contributed by atoms with Gasteiger partial charge in [-0.05, 0) is 32.1 Å². The fourth-order valence-electron chi connectivity index (χ4n) is 6.79. The molecule has 9 N–H and O–H groups in total. The number of aliphatic hydroxyl groups excluding tert-OH is 3. The molecule has 4 rings (SSSR count). The van der Waals surface area contributed by atoms with Gasteiger partial charge in [-0.1, -0.05) is 18.2 Å². The van der Waals surface area contributed by atoms with Crippen molar-refractivity contribution < 1.29 is 79.2 Å². The van der Waals surface area contributed by atoms with Crippen LogP contribution in [0.15, 0.2) is 36.6 Å². The van der Waals surface area contributed by atoms with Crippen LogP contribution >= 0.6 is 0 Å². The zero-order chi connectivity index (χ0) is 34.4. The summed E-state index contributed by atoms with van der Waals surface area (Å²) in [5.41, 5.74) is -2.45. The largest absolute Gasteiger partial charge is 0.550 e. The number of carboxylic acid groups (broad SMARTS) is 1. The molecular formula is C31H49N2O14+. The molecule has 1 saturated carbocycles. The van der Waals surface area contributed by atoms with Crippen molar-refractivity contribution in [1.29, 1.82) is 0 Å². The molecule has 47 heavy (non-hydrogen) atoms. The normalized spacial score (nSPS) is 37.7. The summed E-state index contributed by atoms with van der Waals surface area (Å²) in [6.07, 6.45) is -0.151. The van der Waals surface area contributed by atoms with Gasteiger partial charge in [-0.3, -0.25) is 0 Å². The summed E-state index contributed by atoms with van der Waals surface area (Å²) in [6, 6.07) is 0. The average Bonchev–Trinajstić information content (AvgIpc) is 3.54. The van der Waals surface area contributed by atoms with E-state index in [1.165, 1.54) is 12.2 Å². The molecule has 16 nitrogen and oxygen atoms in total. The van der Waals surface area contributed by atoms with Gasteiger partial charge in [0.2, 0.25) is 12.1 Å². The Morgan fingerprint density at radius 3 is 2.53 bits per heavy atom. The topological polar surface area (TPSA) is 246 Å². The van der Waals surface area contributed by atoms with Crippen LogP contribution in [0.25, 0.3) is 0 Å². The smallest absolute Gasteiger partial charge is 0.340 e. The van der Waals surface area contributed by atoms with E-state index in [1.54, 1.807) is 18.4 Å². The maximum atomic E-state index is 13.5. The summed E-state index contributed by atoms with van der Waals surface area (Å²) in [7, 11) is 1.65. The van der Waals surface area contributed by atoms with Gasteiger partial charge in [0, 0.05) is 11.8 Å². The highest BCUT2D eigenvalue weighted by Gasteiger charge is 2.58. The molecule has 0 amide bonds. The van der Waals surface area contributed by atoms with E-state index in [4.69, 9.17) is 23.7 Å². The SMILES string of the molecule is C=CC1C(OC2OC(CO)C(O)C(O)(O)C2OC[NH2+]C)OC=C(C(=O)OC2CCCC2)C1(O)C=CC1CC(C(=O)[O-])C[NH+](CCO)C1. The van der Waals surface area contributed by atoms with Crippen molar-refractivity contribution in [2.24, 2.45) is 17.8 Å². The average molecular weight is 674 g/mol. The van der Waals surface area contributed by atoms with E-state index < -0.39 is 78.6 Å². The zero-order valence-electron chi connectivity index (χ0n) is 26.5. The monoisotopic (exact) mass is 673 g/mol. The first-order valence-electron chi connectivity index (χ1n) is 16.1. The standard InChI is InChI=1S/C31H48N2O14/c1-3-21-28(47-29-25(44-17-32-2)31(41,42)24(36)23(15-35)46-29)43-16-22(27(39)45-20-6-4-5-7-20)30(21,40)9-8-18-12-19(26(37)38)14-33(13-18)10-11-34/h3,8-9,16,18-21,23-25,28-29,32,34-36,40-42H,1,4-7,10-15,17H2,2H3,(H,37,38)/p+1. The molecule has 0 bridgehead atoms. The highest BCUT2D eigenvalue weighted by atomic mass is 16.8. The zero-order valence-corrected chi connectivity index (χ0v) is 26.5. The van der Waals surface area contributed by atoms with E-state index in [0.29, 0.717) is 25.9 Å². The fraction of sp³-hybridized carbons (Fsp3) is 0.742. The van der Waals surface area contributed by atoms with E-state index in [9.17, 15) is 45.3 Å². The molecule has 2 saturated heterocycles. The van der Waals surface area contributed by atoms with Crippen LogP contribution in [0.2, 0.25) is 0 Å². The number of nitrogens with two attached hydrogens (primary N) is 1. The van der Waals surface area contributed by atoms with Crippen molar-refractivity contribution >= 4 is 11.9 Å². The van der Waals surface area contributed by atoms with E-state index in [2.05, 4.69) is 6.58 Å². The van der Waals surface area contributed by atoms with Crippen LogP contribution in [0, 0.1) is 17.8 Å². The summed E-state index contributed by atoms with van der Waals surface area (Å²) in [4.78, 5) is 26.1. The molecule has 0 radical (unpaired) electrons. The Kier molecular flexibility index (Phi) is 12.9. The van der Waals surface area contributed by atoms with Crippen LogP contribution in [0.3, 0.4) is 0 Å². The van der Waals surface area contributed by atoms with Crippen LogP contribution in [-0.4, -0.2) is 138 Å². The highest BCUT2D eigenvalue weighted by Crippen LogP contribution is 2.41. The minimum absolute atomic E-state index is 0.100. The van der Waals surface area contributed by atoms with Gasteiger partial charge >= 0.3 is 5.97 Å². The van der Waals surface area contributed by atoms with Crippen LogP contribution in [0.1, 0.15) is 32.1 Å². The number of rotatable bonds is 14. The van der Waals surface area contributed by atoms with Crippen molar-refractivity contribution in [3.05, 3.63) is 36.6 Å². The maximum Gasteiger partial charge on any atom is 0.340 e. The highest BCUT2D eigenvalue weighted by molar-refractivity contribution is 5.91. The molecule has 0 aromatic heterocycles. The molecule has 266 valence electrons. The number of aliphatic carboxylic acids is 1. The number of aliphatic hydroxyl groups is 6. The van der Waals surface area contributed by atoms with Gasteiger partial charge in [0.05, 0.1) is 45.2 Å². The number of carbonyl (C=O) groups is 2. The summed E-state index contributed by atoms with van der Waals surface area (Å²) >= 11 is 0. The summed E-state index contributed by atoms with van der Waals surface area (Å²) in [5, 5.41) is 76.9. The van der Waals surface area contributed by atoms with Crippen LogP contribution in [0.4, 0.5) is 0 Å². The van der Waals surface area contributed by atoms with E-state index in [-0.39, 0.29) is 38.0 Å². The number of piperidine rings is 1. The first-order valence-corrected chi connectivity index (χ1v) is 16.1. The number of carbonyl (C=O) groups excluding carboxylic acids is 2. The number of likely N-dealkylation sites (tertiary alicyclic amines) is 1. The molecule has 3 heterocycles. The van der Waals surface area contributed by atoms with E-state index in [0.717, 1.165) is 24.0 Å². The number of ether oxygens (including phenoxy) is 5. The lowest BCUT2D eigenvalue weighted by molar-refractivity contribution is -0.911. The predicted octanol–water partition coefficient (Wildman–Crippen LogP) is -5.62. The number of hydrogen-bond donors (Lipinski definition) is 8. The Morgan fingerprint density at radius 2 is 1.91 bits per heavy atom. The van der Waals surface area contributed by atoms with Gasteiger partial charge in [0.25, 0.3) is 0 Å². The lowest BCUT2D eigenvalue weighted by Crippen LogP contribution is -3.15. The molecule has 0 spiro atoms. The van der Waals surface area contributed by atoms with E-state index in [1.807, 2.05) is 0 Å². The third-order valence-corrected chi connectivity index (χ3v) is 9.35. The lowest BCUT2D eigenvalue weighted by atomic mass is 9.77. The third-order valence-electron chi connectivity index (χ3n) is 9.35. The molecule has 1 aliphatic carbocycles. The minimum Gasteiger partial charge on any atom is -0.550 e. The second kappa shape index (κ2) is 16.3. The third kappa shape index (κ3) is 8.40. The number of nitrogens with one attached hydrogen (secondary N) is 1. The van der Waals surface area contributed by atoms with Crippen molar-refractivity contribution in [3.63, 3.8) is 0 Å². The quantitative estimate of drug-likeness (QED) is 0.0487. The Balaban J connectivity index is 1.67. The molecule has 16 heteroatoms. The molecule has 10 atom stereocenters. The fourth-order valence-corrected chi connectivity index (χ4v) is 6.79. The number of hydrogen-bond acceptors (Lipinski definition) is 14. The molecular weight excluding hydrogens is 624 g/mol. The van der Waals surface area contributed by atoms with Gasteiger partial charge in [-0.2, -0.15) is 0 Å². The minimum atomic E-state index is -2.93.